The number of halogens is 1. The van der Waals surface area contributed by atoms with Gasteiger partial charge in [0.1, 0.15) is 10.8 Å². The SMILES string of the molecule is CC(C)c1cc(Br)ccc1Oc1ncc(N)s1. The largest absolute Gasteiger partial charge is 0.431 e. The summed E-state index contributed by atoms with van der Waals surface area (Å²) in [6.07, 6.45) is 1.61. The normalized spacial score (nSPS) is 10.8. The molecule has 0 spiro atoms. The molecule has 0 aliphatic heterocycles. The molecule has 2 aromatic rings. The van der Waals surface area contributed by atoms with E-state index in [1.165, 1.54) is 11.3 Å². The van der Waals surface area contributed by atoms with Crippen LogP contribution in [0.25, 0.3) is 0 Å². The van der Waals surface area contributed by atoms with Gasteiger partial charge in [-0.3, -0.25) is 0 Å². The minimum absolute atomic E-state index is 0.389. The summed E-state index contributed by atoms with van der Waals surface area (Å²) in [5, 5.41) is 1.23. The Labute approximate surface area is 113 Å². The number of ether oxygens (including phenoxy) is 1. The van der Waals surface area contributed by atoms with E-state index in [1.54, 1.807) is 6.20 Å². The number of hydrogen-bond donors (Lipinski definition) is 1. The highest BCUT2D eigenvalue weighted by molar-refractivity contribution is 9.10. The summed E-state index contributed by atoms with van der Waals surface area (Å²) in [7, 11) is 0. The van der Waals surface area contributed by atoms with E-state index >= 15 is 0 Å². The summed E-state index contributed by atoms with van der Waals surface area (Å²) < 4.78 is 6.80. The van der Waals surface area contributed by atoms with Crippen LogP contribution in [-0.2, 0) is 0 Å². The monoisotopic (exact) mass is 312 g/mol. The van der Waals surface area contributed by atoms with Gasteiger partial charge in [0.05, 0.1) is 6.20 Å². The number of nitrogens with zero attached hydrogens (tertiary/aromatic N) is 1. The molecule has 0 aliphatic carbocycles. The molecule has 0 radical (unpaired) electrons. The number of rotatable bonds is 3. The predicted molar refractivity (Wildman–Crippen MR) is 74.8 cm³/mol. The van der Waals surface area contributed by atoms with Crippen LogP contribution >= 0.6 is 27.3 Å². The molecule has 1 aromatic carbocycles. The van der Waals surface area contributed by atoms with Gasteiger partial charge in [-0.15, -0.1) is 0 Å². The highest BCUT2D eigenvalue weighted by atomic mass is 79.9. The standard InChI is InChI=1S/C12H13BrN2OS/c1-7(2)9-5-8(13)3-4-10(9)16-12-15-6-11(14)17-12/h3-7H,14H2,1-2H3. The third-order valence-electron chi connectivity index (χ3n) is 2.29. The van der Waals surface area contributed by atoms with Crippen LogP contribution in [0.4, 0.5) is 5.00 Å². The molecule has 0 atom stereocenters. The Hall–Kier alpha value is -1.07. The molecule has 0 unspecified atom stereocenters. The molecule has 1 aromatic heterocycles. The zero-order chi connectivity index (χ0) is 12.4. The molecule has 0 saturated carbocycles. The van der Waals surface area contributed by atoms with Crippen molar-refractivity contribution < 1.29 is 4.74 Å². The van der Waals surface area contributed by atoms with E-state index in [1.807, 2.05) is 12.1 Å². The first kappa shape index (κ1) is 12.4. The molecule has 0 bridgehead atoms. The van der Waals surface area contributed by atoms with Gasteiger partial charge in [-0.2, -0.15) is 0 Å². The van der Waals surface area contributed by atoms with Crippen LogP contribution in [0.3, 0.4) is 0 Å². The van der Waals surface area contributed by atoms with Crippen molar-refractivity contribution in [2.75, 3.05) is 5.73 Å². The van der Waals surface area contributed by atoms with Crippen LogP contribution in [0.5, 0.6) is 10.9 Å². The molecule has 0 saturated heterocycles. The van der Waals surface area contributed by atoms with Crippen molar-refractivity contribution in [3.8, 4) is 10.9 Å². The average molecular weight is 313 g/mol. The van der Waals surface area contributed by atoms with Crippen LogP contribution in [0, 0.1) is 0 Å². The fourth-order valence-corrected chi connectivity index (χ4v) is 2.40. The molecular weight excluding hydrogens is 300 g/mol. The highest BCUT2D eigenvalue weighted by Gasteiger charge is 2.11. The summed E-state index contributed by atoms with van der Waals surface area (Å²) in [5.41, 5.74) is 6.77. The second-order valence-electron chi connectivity index (χ2n) is 3.97. The molecule has 3 nitrogen and oxygen atoms in total. The number of thiazole rings is 1. The maximum atomic E-state index is 5.75. The summed E-state index contributed by atoms with van der Waals surface area (Å²) in [6, 6.07) is 5.96. The first-order valence-corrected chi connectivity index (χ1v) is 6.86. The van der Waals surface area contributed by atoms with Gasteiger partial charge in [-0.1, -0.05) is 41.1 Å². The van der Waals surface area contributed by atoms with Crippen molar-refractivity contribution in [2.45, 2.75) is 19.8 Å². The summed E-state index contributed by atoms with van der Waals surface area (Å²) >= 11 is 4.81. The second kappa shape index (κ2) is 5.06. The lowest BCUT2D eigenvalue weighted by Gasteiger charge is -2.12. The van der Waals surface area contributed by atoms with E-state index in [2.05, 4.69) is 40.8 Å². The van der Waals surface area contributed by atoms with Gasteiger partial charge in [0.25, 0.3) is 5.19 Å². The van der Waals surface area contributed by atoms with Gasteiger partial charge in [0, 0.05) is 4.47 Å². The maximum Gasteiger partial charge on any atom is 0.280 e. The van der Waals surface area contributed by atoms with Crippen LogP contribution in [0.15, 0.2) is 28.9 Å². The molecule has 0 amide bonds. The predicted octanol–water partition coefficient (Wildman–Crippen LogP) is 4.40. The zero-order valence-corrected chi connectivity index (χ0v) is 12.0. The third kappa shape index (κ3) is 2.98. The molecule has 2 rings (SSSR count). The van der Waals surface area contributed by atoms with Crippen LogP contribution in [0.1, 0.15) is 25.3 Å². The molecule has 0 aliphatic rings. The Balaban J connectivity index is 2.32. The quantitative estimate of drug-likeness (QED) is 0.913. The smallest absolute Gasteiger partial charge is 0.280 e. The molecular formula is C12H13BrN2OS. The van der Waals surface area contributed by atoms with E-state index in [9.17, 15) is 0 Å². The lowest BCUT2D eigenvalue weighted by molar-refractivity contribution is 0.469. The molecule has 2 N–H and O–H groups in total. The van der Waals surface area contributed by atoms with Crippen molar-refractivity contribution in [1.29, 1.82) is 0 Å². The van der Waals surface area contributed by atoms with Gasteiger partial charge >= 0.3 is 0 Å². The van der Waals surface area contributed by atoms with E-state index in [0.717, 1.165) is 15.8 Å². The number of nitrogens with two attached hydrogens (primary N) is 1. The average Bonchev–Trinajstić information content (AvgIpc) is 2.66. The van der Waals surface area contributed by atoms with Crippen LogP contribution in [0.2, 0.25) is 0 Å². The lowest BCUT2D eigenvalue weighted by atomic mass is 10.0. The van der Waals surface area contributed by atoms with Crippen molar-refractivity contribution in [1.82, 2.24) is 4.98 Å². The number of nitrogen functional groups attached to an aromatic ring is 1. The Morgan fingerprint density at radius 2 is 2.18 bits per heavy atom. The Bertz CT molecular complexity index is 525. The minimum atomic E-state index is 0.389. The topological polar surface area (TPSA) is 48.1 Å². The minimum Gasteiger partial charge on any atom is -0.431 e. The summed E-state index contributed by atoms with van der Waals surface area (Å²) in [4.78, 5) is 4.09. The number of anilines is 1. The van der Waals surface area contributed by atoms with Gasteiger partial charge in [0.15, 0.2) is 0 Å². The highest BCUT2D eigenvalue weighted by Crippen LogP contribution is 2.34. The fourth-order valence-electron chi connectivity index (χ4n) is 1.47. The van der Waals surface area contributed by atoms with E-state index in [-0.39, 0.29) is 0 Å². The Morgan fingerprint density at radius 3 is 2.76 bits per heavy atom. The van der Waals surface area contributed by atoms with Gasteiger partial charge in [0.2, 0.25) is 0 Å². The lowest BCUT2D eigenvalue weighted by Crippen LogP contribution is -1.93. The van der Waals surface area contributed by atoms with E-state index in [4.69, 9.17) is 10.5 Å². The van der Waals surface area contributed by atoms with Crippen molar-refractivity contribution in [3.63, 3.8) is 0 Å². The Morgan fingerprint density at radius 1 is 1.41 bits per heavy atom. The van der Waals surface area contributed by atoms with E-state index < -0.39 is 0 Å². The van der Waals surface area contributed by atoms with Crippen molar-refractivity contribution in [3.05, 3.63) is 34.4 Å². The number of benzene rings is 1. The molecule has 0 fully saturated rings. The van der Waals surface area contributed by atoms with Crippen molar-refractivity contribution >= 4 is 32.3 Å². The van der Waals surface area contributed by atoms with Crippen molar-refractivity contribution in [2.24, 2.45) is 0 Å². The zero-order valence-electron chi connectivity index (χ0n) is 9.61. The Kier molecular flexibility index (Phi) is 3.69. The first-order valence-electron chi connectivity index (χ1n) is 5.25. The fraction of sp³-hybridized carbons (Fsp3) is 0.250. The molecule has 17 heavy (non-hydrogen) atoms. The number of aromatic nitrogens is 1. The third-order valence-corrected chi connectivity index (χ3v) is 3.49. The van der Waals surface area contributed by atoms with Gasteiger partial charge in [-0.05, 0) is 29.7 Å². The maximum absolute atomic E-state index is 5.75. The molecule has 90 valence electrons. The molecule has 1 heterocycles. The summed E-state index contributed by atoms with van der Waals surface area (Å²) in [5.74, 6) is 1.22. The van der Waals surface area contributed by atoms with Gasteiger partial charge < -0.3 is 10.5 Å². The number of hydrogen-bond acceptors (Lipinski definition) is 4. The van der Waals surface area contributed by atoms with E-state index in [0.29, 0.717) is 16.1 Å². The second-order valence-corrected chi connectivity index (χ2v) is 5.91. The van der Waals surface area contributed by atoms with Crippen LogP contribution in [-0.4, -0.2) is 4.98 Å². The molecule has 5 heteroatoms. The summed E-state index contributed by atoms with van der Waals surface area (Å²) in [6.45, 7) is 4.26. The van der Waals surface area contributed by atoms with Crippen LogP contribution < -0.4 is 10.5 Å². The first-order chi connectivity index (χ1) is 8.06. The van der Waals surface area contributed by atoms with Gasteiger partial charge in [-0.25, -0.2) is 4.98 Å².